The summed E-state index contributed by atoms with van der Waals surface area (Å²) in [5.41, 5.74) is 3.23. The predicted octanol–water partition coefficient (Wildman–Crippen LogP) is 2.68. The average Bonchev–Trinajstić information content (AvgIpc) is 2.82. The molecule has 2 heterocycles. The van der Waals surface area contributed by atoms with E-state index < -0.39 is 0 Å². The molecule has 4 nitrogen and oxygen atoms in total. The Balaban J connectivity index is 2.09. The van der Waals surface area contributed by atoms with Crippen molar-refractivity contribution in [3.8, 4) is 0 Å². The van der Waals surface area contributed by atoms with Crippen molar-refractivity contribution in [1.29, 1.82) is 0 Å². The number of nitrogens with zero attached hydrogens (tertiary/aromatic N) is 1. The first-order valence-corrected chi connectivity index (χ1v) is 6.99. The molecule has 3 N–H and O–H groups in total. The van der Waals surface area contributed by atoms with Gasteiger partial charge in [-0.3, -0.25) is 0 Å². The number of H-pyrrole nitrogens is 1. The van der Waals surface area contributed by atoms with Gasteiger partial charge in [-0.15, -0.1) is 0 Å². The SMILES string of the molecule is CNC(Cc1ccc2[nH]c3ncc(Cl)cc3c2c1)NC. The Labute approximate surface area is 122 Å². The van der Waals surface area contributed by atoms with E-state index in [0.29, 0.717) is 5.02 Å². The highest BCUT2D eigenvalue weighted by Crippen LogP contribution is 2.27. The van der Waals surface area contributed by atoms with Gasteiger partial charge in [0.25, 0.3) is 0 Å². The van der Waals surface area contributed by atoms with Gasteiger partial charge in [0.1, 0.15) is 5.65 Å². The summed E-state index contributed by atoms with van der Waals surface area (Å²) in [6, 6.07) is 8.40. The molecule has 104 valence electrons. The van der Waals surface area contributed by atoms with E-state index >= 15 is 0 Å². The predicted molar refractivity (Wildman–Crippen MR) is 84.2 cm³/mol. The average molecular weight is 289 g/mol. The summed E-state index contributed by atoms with van der Waals surface area (Å²) in [7, 11) is 3.91. The Morgan fingerprint density at radius 3 is 2.75 bits per heavy atom. The van der Waals surface area contributed by atoms with E-state index in [1.807, 2.05) is 20.2 Å². The molecule has 0 saturated heterocycles. The summed E-state index contributed by atoms with van der Waals surface area (Å²) in [6.07, 6.45) is 2.85. The molecule has 3 aromatic rings. The van der Waals surface area contributed by atoms with Gasteiger partial charge in [-0.25, -0.2) is 4.98 Å². The van der Waals surface area contributed by atoms with Crippen LogP contribution in [0.15, 0.2) is 30.5 Å². The number of rotatable bonds is 4. The van der Waals surface area contributed by atoms with Crippen LogP contribution in [0.1, 0.15) is 5.56 Å². The van der Waals surface area contributed by atoms with E-state index in [2.05, 4.69) is 38.8 Å². The van der Waals surface area contributed by atoms with Crippen molar-refractivity contribution in [2.45, 2.75) is 12.6 Å². The molecule has 2 aromatic heterocycles. The summed E-state index contributed by atoms with van der Waals surface area (Å²) in [6.45, 7) is 0. The normalized spacial score (nSPS) is 11.8. The van der Waals surface area contributed by atoms with Crippen LogP contribution in [-0.4, -0.2) is 30.2 Å². The molecule has 0 atom stereocenters. The van der Waals surface area contributed by atoms with Gasteiger partial charge in [0, 0.05) is 28.9 Å². The molecule has 0 aliphatic carbocycles. The van der Waals surface area contributed by atoms with Crippen molar-refractivity contribution < 1.29 is 0 Å². The molecule has 20 heavy (non-hydrogen) atoms. The molecule has 5 heteroatoms. The van der Waals surface area contributed by atoms with Crippen LogP contribution in [0.5, 0.6) is 0 Å². The standard InChI is InChI=1S/C15H17ClN4/c1-17-14(18-2)6-9-3-4-13-11(5-9)12-7-10(16)8-19-15(12)20-13/h3-5,7-8,14,17-18H,6H2,1-2H3,(H,19,20). The zero-order valence-corrected chi connectivity index (χ0v) is 12.3. The number of pyridine rings is 1. The smallest absolute Gasteiger partial charge is 0.138 e. The second kappa shape index (κ2) is 5.40. The molecule has 0 unspecified atom stereocenters. The number of hydrogen-bond donors (Lipinski definition) is 3. The van der Waals surface area contributed by atoms with Gasteiger partial charge in [0.15, 0.2) is 0 Å². The van der Waals surface area contributed by atoms with Crippen LogP contribution in [0.25, 0.3) is 21.9 Å². The van der Waals surface area contributed by atoms with Crippen LogP contribution in [0.3, 0.4) is 0 Å². The molecule has 0 aliphatic rings. The fourth-order valence-electron chi connectivity index (χ4n) is 2.51. The third-order valence-electron chi connectivity index (χ3n) is 3.62. The van der Waals surface area contributed by atoms with Crippen molar-refractivity contribution >= 4 is 33.5 Å². The fourth-order valence-corrected chi connectivity index (χ4v) is 2.66. The zero-order valence-electron chi connectivity index (χ0n) is 11.5. The monoisotopic (exact) mass is 288 g/mol. The van der Waals surface area contributed by atoms with E-state index in [-0.39, 0.29) is 6.17 Å². The molecule has 0 fully saturated rings. The summed E-state index contributed by atoms with van der Waals surface area (Å²) in [5, 5.41) is 9.37. The molecule has 0 aliphatic heterocycles. The van der Waals surface area contributed by atoms with Crippen LogP contribution in [0.2, 0.25) is 5.02 Å². The summed E-state index contributed by atoms with van der Waals surface area (Å²) < 4.78 is 0. The maximum absolute atomic E-state index is 6.05. The van der Waals surface area contributed by atoms with Crippen LogP contribution >= 0.6 is 11.6 Å². The van der Waals surface area contributed by atoms with E-state index in [0.717, 1.165) is 23.0 Å². The maximum Gasteiger partial charge on any atom is 0.138 e. The van der Waals surface area contributed by atoms with Crippen LogP contribution in [0, 0.1) is 0 Å². The first kappa shape index (κ1) is 13.4. The number of benzene rings is 1. The minimum Gasteiger partial charge on any atom is -0.339 e. The molecule has 0 spiro atoms. The van der Waals surface area contributed by atoms with Gasteiger partial charge in [0.2, 0.25) is 0 Å². The number of likely N-dealkylation sites (N-methyl/N-ethyl adjacent to an activating group) is 2. The third-order valence-corrected chi connectivity index (χ3v) is 3.82. The van der Waals surface area contributed by atoms with Gasteiger partial charge in [-0.05, 0) is 37.9 Å². The van der Waals surface area contributed by atoms with Gasteiger partial charge in [-0.2, -0.15) is 0 Å². The molecular formula is C15H17ClN4. The lowest BCUT2D eigenvalue weighted by Gasteiger charge is -2.14. The van der Waals surface area contributed by atoms with Crippen molar-refractivity contribution in [2.75, 3.05) is 14.1 Å². The molecule has 0 saturated carbocycles. The van der Waals surface area contributed by atoms with E-state index in [9.17, 15) is 0 Å². The van der Waals surface area contributed by atoms with E-state index in [1.165, 1.54) is 10.9 Å². The van der Waals surface area contributed by atoms with Crippen LogP contribution < -0.4 is 10.6 Å². The quantitative estimate of drug-likeness (QED) is 0.647. The fraction of sp³-hybridized carbons (Fsp3) is 0.267. The lowest BCUT2D eigenvalue weighted by Crippen LogP contribution is -2.39. The molecule has 0 bridgehead atoms. The zero-order chi connectivity index (χ0) is 14.1. The molecule has 3 rings (SSSR count). The lowest BCUT2D eigenvalue weighted by molar-refractivity contribution is 0.493. The lowest BCUT2D eigenvalue weighted by atomic mass is 10.1. The Morgan fingerprint density at radius 1 is 1.20 bits per heavy atom. The highest BCUT2D eigenvalue weighted by atomic mass is 35.5. The van der Waals surface area contributed by atoms with Crippen molar-refractivity contribution in [2.24, 2.45) is 0 Å². The Bertz CT molecular complexity index is 746. The Kier molecular flexibility index (Phi) is 3.61. The highest BCUT2D eigenvalue weighted by Gasteiger charge is 2.09. The highest BCUT2D eigenvalue weighted by molar-refractivity contribution is 6.31. The van der Waals surface area contributed by atoms with Crippen molar-refractivity contribution in [1.82, 2.24) is 20.6 Å². The molecule has 0 amide bonds. The summed E-state index contributed by atoms with van der Waals surface area (Å²) >= 11 is 6.05. The maximum atomic E-state index is 6.05. The first-order chi connectivity index (χ1) is 9.71. The van der Waals surface area contributed by atoms with Crippen LogP contribution in [0.4, 0.5) is 0 Å². The minimum absolute atomic E-state index is 0.263. The number of halogens is 1. The second-order valence-corrected chi connectivity index (χ2v) is 5.33. The van der Waals surface area contributed by atoms with E-state index in [1.54, 1.807) is 6.20 Å². The summed E-state index contributed by atoms with van der Waals surface area (Å²) in [4.78, 5) is 7.64. The second-order valence-electron chi connectivity index (χ2n) is 4.89. The first-order valence-electron chi connectivity index (χ1n) is 6.61. The van der Waals surface area contributed by atoms with Crippen LogP contribution in [-0.2, 0) is 6.42 Å². The molecular weight excluding hydrogens is 272 g/mol. The van der Waals surface area contributed by atoms with Gasteiger partial charge in [-0.1, -0.05) is 17.7 Å². The number of fused-ring (bicyclic) bond motifs is 3. The van der Waals surface area contributed by atoms with Gasteiger partial charge < -0.3 is 15.6 Å². The number of hydrogen-bond acceptors (Lipinski definition) is 3. The van der Waals surface area contributed by atoms with Gasteiger partial charge in [0.05, 0.1) is 11.2 Å². The van der Waals surface area contributed by atoms with Crippen molar-refractivity contribution in [3.63, 3.8) is 0 Å². The molecule has 0 radical (unpaired) electrons. The topological polar surface area (TPSA) is 52.7 Å². The Hall–Kier alpha value is -1.62. The third kappa shape index (κ3) is 2.38. The van der Waals surface area contributed by atoms with Gasteiger partial charge >= 0.3 is 0 Å². The summed E-state index contributed by atoms with van der Waals surface area (Å²) in [5.74, 6) is 0. The van der Waals surface area contributed by atoms with E-state index in [4.69, 9.17) is 11.6 Å². The minimum atomic E-state index is 0.263. The molecule has 1 aromatic carbocycles. The number of aromatic amines is 1. The largest absolute Gasteiger partial charge is 0.339 e. The number of nitrogens with one attached hydrogen (secondary N) is 3. The number of aromatic nitrogens is 2. The Morgan fingerprint density at radius 2 is 2.00 bits per heavy atom. The van der Waals surface area contributed by atoms with Crippen molar-refractivity contribution in [3.05, 3.63) is 41.0 Å².